The first-order valence-corrected chi connectivity index (χ1v) is 5.71. The molecule has 0 aliphatic carbocycles. The van der Waals surface area contributed by atoms with E-state index in [2.05, 4.69) is 43.1 Å². The second-order valence-corrected chi connectivity index (χ2v) is 4.74. The van der Waals surface area contributed by atoms with Gasteiger partial charge >= 0.3 is 0 Å². The smallest absolute Gasteiger partial charge is 0.0214 e. The third-order valence-electron chi connectivity index (χ3n) is 3.23. The van der Waals surface area contributed by atoms with Gasteiger partial charge in [0.25, 0.3) is 0 Å². The van der Waals surface area contributed by atoms with Crippen molar-refractivity contribution >= 4 is 0 Å². The lowest BCUT2D eigenvalue weighted by molar-refractivity contribution is 0.135. The number of nitrogens with one attached hydrogen (secondary N) is 1. The van der Waals surface area contributed by atoms with E-state index >= 15 is 0 Å². The summed E-state index contributed by atoms with van der Waals surface area (Å²) in [5, 5.41) is 3.40. The van der Waals surface area contributed by atoms with Gasteiger partial charge in [0.2, 0.25) is 0 Å². The standard InChI is InChI=1S/C11H25N3/c1-10(2)11(12-3)9-14-7-5-13(4)6-8-14/h10-12H,5-9H2,1-4H3/t11-/m0/s1. The minimum atomic E-state index is 0.637. The number of rotatable bonds is 4. The lowest BCUT2D eigenvalue weighted by atomic mass is 10.0. The van der Waals surface area contributed by atoms with Crippen molar-refractivity contribution in [2.75, 3.05) is 46.8 Å². The summed E-state index contributed by atoms with van der Waals surface area (Å²) in [6, 6.07) is 0.637. The molecule has 0 aromatic carbocycles. The molecular weight excluding hydrogens is 174 g/mol. The van der Waals surface area contributed by atoms with Gasteiger partial charge in [-0.3, -0.25) is 4.90 Å². The molecule has 1 N–H and O–H groups in total. The van der Waals surface area contributed by atoms with Gasteiger partial charge in [0.05, 0.1) is 0 Å². The van der Waals surface area contributed by atoms with E-state index in [1.54, 1.807) is 0 Å². The molecule has 1 fully saturated rings. The fourth-order valence-corrected chi connectivity index (χ4v) is 1.94. The Labute approximate surface area is 88.5 Å². The highest BCUT2D eigenvalue weighted by Gasteiger charge is 2.18. The van der Waals surface area contributed by atoms with Crippen LogP contribution in [-0.2, 0) is 0 Å². The van der Waals surface area contributed by atoms with E-state index in [0.717, 1.165) is 5.92 Å². The van der Waals surface area contributed by atoms with Crippen LogP contribution in [0.1, 0.15) is 13.8 Å². The van der Waals surface area contributed by atoms with E-state index < -0.39 is 0 Å². The average molecular weight is 199 g/mol. The first kappa shape index (κ1) is 12.0. The number of piperazine rings is 1. The van der Waals surface area contributed by atoms with Gasteiger partial charge < -0.3 is 10.2 Å². The second-order valence-electron chi connectivity index (χ2n) is 4.74. The van der Waals surface area contributed by atoms with Crippen molar-refractivity contribution in [3.8, 4) is 0 Å². The molecule has 1 rings (SSSR count). The summed E-state index contributed by atoms with van der Waals surface area (Å²) in [6.45, 7) is 10.7. The molecule has 14 heavy (non-hydrogen) atoms. The lowest BCUT2D eigenvalue weighted by Gasteiger charge is -2.35. The summed E-state index contributed by atoms with van der Waals surface area (Å²) in [7, 11) is 4.27. The molecule has 0 radical (unpaired) electrons. The van der Waals surface area contributed by atoms with Crippen LogP contribution in [0.3, 0.4) is 0 Å². The second kappa shape index (κ2) is 5.69. The minimum absolute atomic E-state index is 0.637. The Bertz CT molecular complexity index is 151. The molecule has 1 saturated heterocycles. The van der Waals surface area contributed by atoms with Crippen LogP contribution in [0.4, 0.5) is 0 Å². The van der Waals surface area contributed by atoms with Crippen LogP contribution < -0.4 is 5.32 Å². The van der Waals surface area contributed by atoms with Crippen LogP contribution in [0, 0.1) is 5.92 Å². The van der Waals surface area contributed by atoms with Crippen molar-refractivity contribution in [2.24, 2.45) is 5.92 Å². The lowest BCUT2D eigenvalue weighted by Crippen LogP contribution is -2.50. The van der Waals surface area contributed by atoms with Crippen molar-refractivity contribution in [1.29, 1.82) is 0 Å². The Morgan fingerprint density at radius 1 is 1.14 bits per heavy atom. The van der Waals surface area contributed by atoms with E-state index in [0.29, 0.717) is 6.04 Å². The summed E-state index contributed by atoms with van der Waals surface area (Å²) in [6.07, 6.45) is 0. The van der Waals surface area contributed by atoms with Crippen LogP contribution >= 0.6 is 0 Å². The Hall–Kier alpha value is -0.120. The monoisotopic (exact) mass is 199 g/mol. The largest absolute Gasteiger partial charge is 0.315 e. The summed E-state index contributed by atoms with van der Waals surface area (Å²) >= 11 is 0. The van der Waals surface area contributed by atoms with E-state index in [-0.39, 0.29) is 0 Å². The van der Waals surface area contributed by atoms with Gasteiger partial charge in [-0.05, 0) is 20.0 Å². The maximum Gasteiger partial charge on any atom is 0.0214 e. The number of likely N-dealkylation sites (N-methyl/N-ethyl adjacent to an activating group) is 2. The maximum atomic E-state index is 3.40. The SMILES string of the molecule is CN[C@@H](CN1CCN(C)CC1)C(C)C. The molecule has 1 aliphatic heterocycles. The molecule has 0 unspecified atom stereocenters. The van der Waals surface area contributed by atoms with Crippen LogP contribution in [0.2, 0.25) is 0 Å². The predicted octanol–water partition coefficient (Wildman–Crippen LogP) is 0.478. The van der Waals surface area contributed by atoms with Gasteiger partial charge in [0, 0.05) is 38.8 Å². The molecule has 1 heterocycles. The highest BCUT2D eigenvalue weighted by Crippen LogP contribution is 2.06. The zero-order valence-corrected chi connectivity index (χ0v) is 10.1. The van der Waals surface area contributed by atoms with E-state index in [9.17, 15) is 0 Å². The fourth-order valence-electron chi connectivity index (χ4n) is 1.94. The van der Waals surface area contributed by atoms with Crippen LogP contribution in [0.15, 0.2) is 0 Å². The van der Waals surface area contributed by atoms with Crippen molar-refractivity contribution < 1.29 is 0 Å². The number of hydrogen-bond donors (Lipinski definition) is 1. The third kappa shape index (κ3) is 3.56. The van der Waals surface area contributed by atoms with Gasteiger partial charge in [0.15, 0.2) is 0 Å². The summed E-state index contributed by atoms with van der Waals surface area (Å²) < 4.78 is 0. The van der Waals surface area contributed by atoms with E-state index in [1.165, 1.54) is 32.7 Å². The molecule has 0 spiro atoms. The first-order chi connectivity index (χ1) is 6.63. The minimum Gasteiger partial charge on any atom is -0.315 e. The topological polar surface area (TPSA) is 18.5 Å². The van der Waals surface area contributed by atoms with Crippen molar-refractivity contribution in [3.05, 3.63) is 0 Å². The molecular formula is C11H25N3. The Morgan fingerprint density at radius 3 is 2.14 bits per heavy atom. The van der Waals surface area contributed by atoms with Crippen LogP contribution in [-0.4, -0.2) is 62.7 Å². The average Bonchev–Trinajstić information content (AvgIpc) is 2.16. The molecule has 1 atom stereocenters. The van der Waals surface area contributed by atoms with Crippen LogP contribution in [0.5, 0.6) is 0 Å². The van der Waals surface area contributed by atoms with Crippen molar-refractivity contribution in [3.63, 3.8) is 0 Å². The van der Waals surface area contributed by atoms with Gasteiger partial charge in [-0.2, -0.15) is 0 Å². The highest BCUT2D eigenvalue weighted by atomic mass is 15.3. The molecule has 0 saturated carbocycles. The number of nitrogens with zero attached hydrogens (tertiary/aromatic N) is 2. The summed E-state index contributed by atoms with van der Waals surface area (Å²) in [5.74, 6) is 0.722. The van der Waals surface area contributed by atoms with E-state index in [1.807, 2.05) is 0 Å². The van der Waals surface area contributed by atoms with Crippen molar-refractivity contribution in [1.82, 2.24) is 15.1 Å². The maximum absolute atomic E-state index is 3.40. The first-order valence-electron chi connectivity index (χ1n) is 5.71. The zero-order valence-electron chi connectivity index (χ0n) is 10.1. The quantitative estimate of drug-likeness (QED) is 0.710. The summed E-state index contributed by atoms with van der Waals surface area (Å²) in [4.78, 5) is 4.97. The molecule has 3 heteroatoms. The van der Waals surface area contributed by atoms with Gasteiger partial charge in [-0.25, -0.2) is 0 Å². The Balaban J connectivity index is 2.29. The molecule has 0 aromatic rings. The highest BCUT2D eigenvalue weighted by molar-refractivity contribution is 4.77. The zero-order chi connectivity index (χ0) is 10.6. The van der Waals surface area contributed by atoms with Crippen molar-refractivity contribution in [2.45, 2.75) is 19.9 Å². The van der Waals surface area contributed by atoms with Gasteiger partial charge in [-0.1, -0.05) is 13.8 Å². The normalized spacial score (nSPS) is 22.9. The van der Waals surface area contributed by atoms with Gasteiger partial charge in [-0.15, -0.1) is 0 Å². The molecule has 0 aromatic heterocycles. The van der Waals surface area contributed by atoms with Crippen LogP contribution in [0.25, 0.3) is 0 Å². The molecule has 1 aliphatic rings. The van der Waals surface area contributed by atoms with E-state index in [4.69, 9.17) is 0 Å². The molecule has 3 nitrogen and oxygen atoms in total. The number of hydrogen-bond acceptors (Lipinski definition) is 3. The van der Waals surface area contributed by atoms with Gasteiger partial charge in [0.1, 0.15) is 0 Å². The fraction of sp³-hybridized carbons (Fsp3) is 1.00. The summed E-state index contributed by atoms with van der Waals surface area (Å²) in [5.41, 5.74) is 0. The predicted molar refractivity (Wildman–Crippen MR) is 61.6 cm³/mol. The molecule has 84 valence electrons. The third-order valence-corrected chi connectivity index (χ3v) is 3.23. The molecule has 0 amide bonds. The Kier molecular flexibility index (Phi) is 4.85. The molecule has 0 bridgehead atoms. The Morgan fingerprint density at radius 2 is 1.71 bits per heavy atom.